The van der Waals surface area contributed by atoms with Crippen molar-refractivity contribution in [3.05, 3.63) is 0 Å². The molecule has 1 heterocycles. The molecule has 0 spiro atoms. The third-order valence-corrected chi connectivity index (χ3v) is 3.16. The summed E-state index contributed by atoms with van der Waals surface area (Å²) in [5.41, 5.74) is -0.941. The molecule has 2 unspecified atom stereocenters. The molecule has 0 aromatic carbocycles. The van der Waals surface area contributed by atoms with Gasteiger partial charge in [0.05, 0.1) is 23.9 Å². The first kappa shape index (κ1) is 15.7. The minimum atomic E-state index is -4.36. The average molecular weight is 270 g/mol. The number of aliphatic hydroxyl groups is 1. The van der Waals surface area contributed by atoms with E-state index in [9.17, 15) is 18.3 Å². The van der Waals surface area contributed by atoms with E-state index >= 15 is 0 Å². The fourth-order valence-electron chi connectivity index (χ4n) is 2.62. The van der Waals surface area contributed by atoms with Crippen LogP contribution in [0, 0.1) is 5.92 Å². The van der Waals surface area contributed by atoms with Gasteiger partial charge in [0.15, 0.2) is 0 Å². The molecule has 0 saturated carbocycles. The zero-order valence-corrected chi connectivity index (χ0v) is 11.2. The van der Waals surface area contributed by atoms with Crippen LogP contribution in [0.2, 0.25) is 0 Å². The van der Waals surface area contributed by atoms with Crippen molar-refractivity contribution < 1.29 is 27.8 Å². The molecule has 1 N–H and O–H groups in total. The second-order valence-electron chi connectivity index (χ2n) is 5.97. The number of halogens is 3. The highest BCUT2D eigenvalue weighted by atomic mass is 19.4. The van der Waals surface area contributed by atoms with Crippen LogP contribution in [0.25, 0.3) is 0 Å². The molecule has 108 valence electrons. The summed E-state index contributed by atoms with van der Waals surface area (Å²) in [5, 5.41) is 9.94. The molecule has 18 heavy (non-hydrogen) atoms. The molecule has 1 fully saturated rings. The molecule has 6 heteroatoms. The number of aliphatic hydroxyl groups excluding tert-OH is 1. The van der Waals surface area contributed by atoms with Gasteiger partial charge in [0.1, 0.15) is 6.61 Å². The quantitative estimate of drug-likeness (QED) is 0.853. The van der Waals surface area contributed by atoms with E-state index in [1.165, 1.54) is 0 Å². The summed E-state index contributed by atoms with van der Waals surface area (Å²) in [4.78, 5) is 0. The van der Waals surface area contributed by atoms with Gasteiger partial charge in [-0.3, -0.25) is 0 Å². The van der Waals surface area contributed by atoms with E-state index in [-0.39, 0.29) is 18.1 Å². The third-order valence-electron chi connectivity index (χ3n) is 3.16. The zero-order chi connectivity index (χ0) is 14.2. The molecule has 1 aliphatic heterocycles. The van der Waals surface area contributed by atoms with Crippen LogP contribution in [0.5, 0.6) is 0 Å². The maximum absolute atomic E-state index is 11.9. The molecule has 3 nitrogen and oxygen atoms in total. The van der Waals surface area contributed by atoms with Gasteiger partial charge in [-0.05, 0) is 34.1 Å². The van der Waals surface area contributed by atoms with Gasteiger partial charge >= 0.3 is 6.18 Å². The summed E-state index contributed by atoms with van der Waals surface area (Å²) in [5.74, 6) is -0.235. The van der Waals surface area contributed by atoms with Gasteiger partial charge in [-0.15, -0.1) is 0 Å². The van der Waals surface area contributed by atoms with Gasteiger partial charge in [-0.1, -0.05) is 0 Å². The van der Waals surface area contributed by atoms with Crippen molar-refractivity contribution in [3.8, 4) is 0 Å². The van der Waals surface area contributed by atoms with Gasteiger partial charge in [0.2, 0.25) is 0 Å². The van der Waals surface area contributed by atoms with Gasteiger partial charge in [-0.2, -0.15) is 13.2 Å². The van der Waals surface area contributed by atoms with Crippen molar-refractivity contribution in [2.24, 2.45) is 5.92 Å². The van der Waals surface area contributed by atoms with Crippen LogP contribution in [0.3, 0.4) is 0 Å². The fourth-order valence-corrected chi connectivity index (χ4v) is 2.62. The first-order valence-electron chi connectivity index (χ1n) is 5.96. The molecule has 0 aromatic heterocycles. The second kappa shape index (κ2) is 4.98. The Morgan fingerprint density at radius 3 is 2.28 bits per heavy atom. The molecular formula is C12H21F3O3. The van der Waals surface area contributed by atoms with E-state index < -0.39 is 24.5 Å². The highest BCUT2D eigenvalue weighted by Gasteiger charge is 2.48. The zero-order valence-electron chi connectivity index (χ0n) is 11.2. The van der Waals surface area contributed by atoms with Gasteiger partial charge < -0.3 is 14.6 Å². The molecule has 1 aliphatic rings. The smallest absolute Gasteiger partial charge is 0.390 e. The van der Waals surface area contributed by atoms with Crippen LogP contribution in [-0.4, -0.2) is 41.8 Å². The van der Waals surface area contributed by atoms with Crippen LogP contribution in [0.4, 0.5) is 13.2 Å². The predicted octanol–water partition coefficient (Wildman–Crippen LogP) is 2.52. The molecule has 0 bridgehead atoms. The van der Waals surface area contributed by atoms with Gasteiger partial charge in [0.25, 0.3) is 0 Å². The van der Waals surface area contributed by atoms with Crippen LogP contribution in [0.1, 0.15) is 34.1 Å². The van der Waals surface area contributed by atoms with Crippen molar-refractivity contribution in [2.75, 3.05) is 13.2 Å². The van der Waals surface area contributed by atoms with E-state index in [4.69, 9.17) is 4.74 Å². The lowest BCUT2D eigenvalue weighted by atomic mass is 9.83. The molecule has 1 saturated heterocycles. The van der Waals surface area contributed by atoms with Gasteiger partial charge in [-0.25, -0.2) is 0 Å². The predicted molar refractivity (Wildman–Crippen MR) is 60.2 cm³/mol. The first-order chi connectivity index (χ1) is 7.93. The fraction of sp³-hybridized carbons (Fsp3) is 1.00. The molecule has 0 aromatic rings. The van der Waals surface area contributed by atoms with E-state index in [1.807, 2.05) is 27.7 Å². The molecule has 2 atom stereocenters. The van der Waals surface area contributed by atoms with Crippen LogP contribution < -0.4 is 0 Å². The van der Waals surface area contributed by atoms with E-state index in [2.05, 4.69) is 4.74 Å². The Kier molecular flexibility index (Phi) is 4.35. The Bertz CT molecular complexity index is 287. The highest BCUT2D eigenvalue weighted by Crippen LogP contribution is 2.43. The summed E-state index contributed by atoms with van der Waals surface area (Å²) < 4.78 is 46.1. The Balaban J connectivity index is 2.49. The normalized spacial score (nSPS) is 28.3. The van der Waals surface area contributed by atoms with Crippen molar-refractivity contribution in [3.63, 3.8) is 0 Å². The molecule has 1 rings (SSSR count). The minimum Gasteiger partial charge on any atom is -0.390 e. The third kappa shape index (κ3) is 4.40. The first-order valence-corrected chi connectivity index (χ1v) is 5.96. The summed E-state index contributed by atoms with van der Waals surface area (Å²) in [6.07, 6.45) is -4.72. The SMILES string of the molecule is CC1(C)CC(C(O)COCC(F)(F)F)C(C)(C)O1. The van der Waals surface area contributed by atoms with Crippen molar-refractivity contribution in [2.45, 2.75) is 57.6 Å². The summed E-state index contributed by atoms with van der Waals surface area (Å²) in [7, 11) is 0. The van der Waals surface area contributed by atoms with E-state index in [0.29, 0.717) is 6.42 Å². The highest BCUT2D eigenvalue weighted by molar-refractivity contribution is 4.97. The number of hydrogen-bond acceptors (Lipinski definition) is 3. The van der Waals surface area contributed by atoms with Crippen molar-refractivity contribution >= 4 is 0 Å². The van der Waals surface area contributed by atoms with Crippen LogP contribution in [0.15, 0.2) is 0 Å². The monoisotopic (exact) mass is 270 g/mol. The lowest BCUT2D eigenvalue weighted by Gasteiger charge is -2.30. The maximum Gasteiger partial charge on any atom is 0.411 e. The number of alkyl halides is 3. The van der Waals surface area contributed by atoms with E-state index in [0.717, 1.165) is 0 Å². The Labute approximate surface area is 105 Å². The Hall–Kier alpha value is -0.330. The lowest BCUT2D eigenvalue weighted by molar-refractivity contribution is -0.182. The molecule has 0 amide bonds. The van der Waals surface area contributed by atoms with Gasteiger partial charge in [0, 0.05) is 5.92 Å². The largest absolute Gasteiger partial charge is 0.411 e. The lowest BCUT2D eigenvalue weighted by Crippen LogP contribution is -2.39. The molecule has 0 aliphatic carbocycles. The van der Waals surface area contributed by atoms with Crippen LogP contribution in [-0.2, 0) is 9.47 Å². The summed E-state index contributed by atoms with van der Waals surface area (Å²) >= 11 is 0. The summed E-state index contributed by atoms with van der Waals surface area (Å²) in [6.45, 7) is 5.81. The Morgan fingerprint density at radius 2 is 1.89 bits per heavy atom. The Morgan fingerprint density at radius 1 is 1.33 bits per heavy atom. The summed E-state index contributed by atoms with van der Waals surface area (Å²) in [6, 6.07) is 0. The van der Waals surface area contributed by atoms with E-state index in [1.54, 1.807) is 0 Å². The number of ether oxygens (including phenoxy) is 2. The molecule has 0 radical (unpaired) electrons. The van der Waals surface area contributed by atoms with Crippen molar-refractivity contribution in [1.82, 2.24) is 0 Å². The maximum atomic E-state index is 11.9. The topological polar surface area (TPSA) is 38.7 Å². The second-order valence-corrected chi connectivity index (χ2v) is 5.97. The van der Waals surface area contributed by atoms with Crippen LogP contribution >= 0.6 is 0 Å². The minimum absolute atomic E-state index is 0.235. The average Bonchev–Trinajstić information content (AvgIpc) is 2.31. The standard InChI is InChI=1S/C12H21F3O3/c1-10(2)5-8(11(3,4)18-10)9(16)6-17-7-12(13,14)15/h8-9,16H,5-7H2,1-4H3. The van der Waals surface area contributed by atoms with Crippen molar-refractivity contribution in [1.29, 1.82) is 0 Å². The number of hydrogen-bond donors (Lipinski definition) is 1. The molecular weight excluding hydrogens is 249 g/mol. The number of rotatable bonds is 4.